The minimum atomic E-state index is -0.391. The standard InChI is InChI=1S/C20H15N3O3/c1-26-20(25)12-4-6-13(7-5-12)22-11-15-18-14-3-2-10-21-16(14)8-9-17(18)23-19(15)24/h2-11,22H,1H3,(H,23,24)/b15-11-. The number of aromatic nitrogens is 1. The van der Waals surface area contributed by atoms with E-state index in [1.54, 1.807) is 36.7 Å². The van der Waals surface area contributed by atoms with Crippen molar-refractivity contribution in [2.45, 2.75) is 0 Å². The minimum Gasteiger partial charge on any atom is -0.465 e. The van der Waals surface area contributed by atoms with E-state index in [1.807, 2.05) is 24.3 Å². The summed E-state index contributed by atoms with van der Waals surface area (Å²) in [6.07, 6.45) is 3.39. The number of carbonyl (C=O) groups is 2. The zero-order valence-electron chi connectivity index (χ0n) is 13.9. The minimum absolute atomic E-state index is 0.171. The zero-order valence-corrected chi connectivity index (χ0v) is 13.9. The van der Waals surface area contributed by atoms with E-state index in [2.05, 4.69) is 20.4 Å². The number of pyridine rings is 1. The molecule has 1 amide bonds. The summed E-state index contributed by atoms with van der Waals surface area (Å²) < 4.78 is 4.68. The lowest BCUT2D eigenvalue weighted by Gasteiger charge is -2.06. The summed E-state index contributed by atoms with van der Waals surface area (Å²) in [5, 5.41) is 6.90. The van der Waals surface area contributed by atoms with Gasteiger partial charge < -0.3 is 15.4 Å². The van der Waals surface area contributed by atoms with Crippen LogP contribution in [0.15, 0.2) is 60.9 Å². The normalized spacial score (nSPS) is 14.2. The maximum absolute atomic E-state index is 12.4. The fraction of sp³-hybridized carbons (Fsp3) is 0.0500. The molecule has 2 aromatic carbocycles. The monoisotopic (exact) mass is 345 g/mol. The van der Waals surface area contributed by atoms with Gasteiger partial charge in [0.2, 0.25) is 0 Å². The van der Waals surface area contributed by atoms with E-state index in [0.717, 1.165) is 27.8 Å². The molecule has 1 aliphatic heterocycles. The van der Waals surface area contributed by atoms with Gasteiger partial charge in [-0.1, -0.05) is 6.07 Å². The lowest BCUT2D eigenvalue weighted by atomic mass is 10.0. The SMILES string of the molecule is COC(=O)c1ccc(N/C=C2\C(=O)Nc3ccc4ncccc4c32)cc1. The van der Waals surface area contributed by atoms with Gasteiger partial charge in [-0.2, -0.15) is 0 Å². The topological polar surface area (TPSA) is 80.3 Å². The van der Waals surface area contributed by atoms with E-state index in [-0.39, 0.29) is 5.91 Å². The molecular weight excluding hydrogens is 330 g/mol. The van der Waals surface area contributed by atoms with Crippen molar-refractivity contribution in [1.29, 1.82) is 0 Å². The summed E-state index contributed by atoms with van der Waals surface area (Å²) >= 11 is 0. The molecule has 2 heterocycles. The Balaban J connectivity index is 1.68. The van der Waals surface area contributed by atoms with Crippen LogP contribution >= 0.6 is 0 Å². The lowest BCUT2D eigenvalue weighted by molar-refractivity contribution is -0.110. The molecule has 0 unspecified atom stereocenters. The summed E-state index contributed by atoms with van der Waals surface area (Å²) in [7, 11) is 1.34. The van der Waals surface area contributed by atoms with Gasteiger partial charge in [-0.15, -0.1) is 0 Å². The molecule has 0 saturated carbocycles. The summed E-state index contributed by atoms with van der Waals surface area (Å²) in [6.45, 7) is 0. The number of esters is 1. The smallest absolute Gasteiger partial charge is 0.337 e. The number of amides is 1. The number of hydrogen-bond acceptors (Lipinski definition) is 5. The second kappa shape index (κ2) is 6.33. The van der Waals surface area contributed by atoms with Crippen molar-refractivity contribution < 1.29 is 14.3 Å². The molecule has 1 aliphatic rings. The molecule has 26 heavy (non-hydrogen) atoms. The number of nitrogens with zero attached hydrogens (tertiary/aromatic N) is 1. The van der Waals surface area contributed by atoms with Crippen LogP contribution in [0.25, 0.3) is 16.5 Å². The first-order valence-corrected chi connectivity index (χ1v) is 8.02. The number of carbonyl (C=O) groups excluding carboxylic acids is 2. The Morgan fingerprint density at radius 1 is 1.15 bits per heavy atom. The number of rotatable bonds is 3. The third kappa shape index (κ3) is 2.67. The van der Waals surface area contributed by atoms with Crippen molar-refractivity contribution in [1.82, 2.24) is 4.98 Å². The third-order valence-corrected chi connectivity index (χ3v) is 4.24. The van der Waals surface area contributed by atoms with Crippen molar-refractivity contribution in [2.24, 2.45) is 0 Å². The van der Waals surface area contributed by atoms with Gasteiger partial charge in [-0.25, -0.2) is 4.79 Å². The molecule has 6 nitrogen and oxygen atoms in total. The quantitative estimate of drug-likeness (QED) is 0.561. The predicted octanol–water partition coefficient (Wildman–Crippen LogP) is 3.43. The Labute approximate surface area is 149 Å². The van der Waals surface area contributed by atoms with Gasteiger partial charge in [-0.3, -0.25) is 9.78 Å². The van der Waals surface area contributed by atoms with Crippen molar-refractivity contribution in [3.63, 3.8) is 0 Å². The van der Waals surface area contributed by atoms with Gasteiger partial charge in [0, 0.05) is 34.7 Å². The van der Waals surface area contributed by atoms with Crippen molar-refractivity contribution in [2.75, 3.05) is 17.7 Å². The highest BCUT2D eigenvalue weighted by atomic mass is 16.5. The second-order valence-corrected chi connectivity index (χ2v) is 5.78. The molecule has 0 bridgehead atoms. The third-order valence-electron chi connectivity index (χ3n) is 4.24. The molecule has 2 N–H and O–H groups in total. The summed E-state index contributed by atoms with van der Waals surface area (Å²) in [6, 6.07) is 14.4. The highest BCUT2D eigenvalue weighted by molar-refractivity contribution is 6.34. The molecule has 128 valence electrons. The molecule has 0 spiro atoms. The summed E-state index contributed by atoms with van der Waals surface area (Å²) in [4.78, 5) is 28.2. The van der Waals surface area contributed by atoms with Crippen LogP contribution in [-0.2, 0) is 9.53 Å². The molecule has 4 rings (SSSR count). The Morgan fingerprint density at radius 2 is 1.96 bits per heavy atom. The van der Waals surface area contributed by atoms with E-state index >= 15 is 0 Å². The number of ether oxygens (including phenoxy) is 1. The van der Waals surface area contributed by atoms with Crippen LogP contribution in [0.2, 0.25) is 0 Å². The van der Waals surface area contributed by atoms with Crippen LogP contribution in [0, 0.1) is 0 Å². The van der Waals surface area contributed by atoms with Crippen LogP contribution < -0.4 is 10.6 Å². The van der Waals surface area contributed by atoms with Gasteiger partial charge in [0.05, 0.1) is 23.8 Å². The Hall–Kier alpha value is -3.67. The molecule has 6 heteroatoms. The number of benzene rings is 2. The molecule has 0 fully saturated rings. The molecule has 0 saturated heterocycles. The number of fused-ring (bicyclic) bond motifs is 3. The van der Waals surface area contributed by atoms with E-state index < -0.39 is 5.97 Å². The van der Waals surface area contributed by atoms with Crippen LogP contribution in [0.3, 0.4) is 0 Å². The Morgan fingerprint density at radius 3 is 2.73 bits per heavy atom. The number of nitrogens with one attached hydrogen (secondary N) is 2. The highest BCUT2D eigenvalue weighted by Crippen LogP contribution is 2.36. The summed E-state index contributed by atoms with van der Waals surface area (Å²) in [5.74, 6) is -0.562. The molecule has 0 aliphatic carbocycles. The first-order valence-electron chi connectivity index (χ1n) is 8.02. The predicted molar refractivity (Wildman–Crippen MR) is 99.8 cm³/mol. The Kier molecular flexibility index (Phi) is 3.85. The van der Waals surface area contributed by atoms with Gasteiger partial charge in [0.15, 0.2) is 0 Å². The maximum Gasteiger partial charge on any atom is 0.337 e. The highest BCUT2D eigenvalue weighted by Gasteiger charge is 2.26. The molecular formula is C20H15N3O3. The first-order chi connectivity index (χ1) is 12.7. The fourth-order valence-corrected chi connectivity index (χ4v) is 2.96. The lowest BCUT2D eigenvalue weighted by Crippen LogP contribution is -2.05. The fourth-order valence-electron chi connectivity index (χ4n) is 2.96. The Bertz CT molecular complexity index is 1060. The van der Waals surface area contributed by atoms with Crippen molar-refractivity contribution in [3.8, 4) is 0 Å². The molecule has 1 aromatic heterocycles. The van der Waals surface area contributed by atoms with E-state index in [0.29, 0.717) is 11.1 Å². The molecule has 0 atom stereocenters. The number of hydrogen-bond donors (Lipinski definition) is 2. The van der Waals surface area contributed by atoms with Crippen LogP contribution in [0.4, 0.5) is 11.4 Å². The van der Waals surface area contributed by atoms with Gasteiger partial charge >= 0.3 is 5.97 Å². The number of methoxy groups -OCH3 is 1. The average Bonchev–Trinajstić information content (AvgIpc) is 3.01. The van der Waals surface area contributed by atoms with Gasteiger partial charge in [0.1, 0.15) is 0 Å². The van der Waals surface area contributed by atoms with Gasteiger partial charge in [0.25, 0.3) is 5.91 Å². The van der Waals surface area contributed by atoms with Crippen molar-refractivity contribution in [3.05, 3.63) is 72.1 Å². The first kappa shape index (κ1) is 15.8. The second-order valence-electron chi connectivity index (χ2n) is 5.78. The van der Waals surface area contributed by atoms with E-state index in [1.165, 1.54) is 7.11 Å². The number of anilines is 2. The van der Waals surface area contributed by atoms with Crippen LogP contribution in [0.1, 0.15) is 15.9 Å². The average molecular weight is 345 g/mol. The summed E-state index contributed by atoms with van der Waals surface area (Å²) in [5.41, 5.74) is 4.19. The maximum atomic E-state index is 12.4. The largest absolute Gasteiger partial charge is 0.465 e. The van der Waals surface area contributed by atoms with E-state index in [4.69, 9.17) is 0 Å². The molecule has 0 radical (unpaired) electrons. The van der Waals surface area contributed by atoms with Gasteiger partial charge in [-0.05, 0) is 42.5 Å². The van der Waals surface area contributed by atoms with Crippen molar-refractivity contribution >= 4 is 39.7 Å². The van der Waals surface area contributed by atoms with Crippen LogP contribution in [0.5, 0.6) is 0 Å². The van der Waals surface area contributed by atoms with E-state index in [9.17, 15) is 9.59 Å². The zero-order chi connectivity index (χ0) is 18.1. The van der Waals surface area contributed by atoms with Crippen LogP contribution in [-0.4, -0.2) is 24.0 Å². The molecule has 3 aromatic rings.